The van der Waals surface area contributed by atoms with Crippen molar-refractivity contribution < 1.29 is 14.6 Å². The van der Waals surface area contributed by atoms with Crippen LogP contribution in [-0.2, 0) is 11.2 Å². The van der Waals surface area contributed by atoms with E-state index in [1.165, 1.54) is 17.0 Å². The van der Waals surface area contributed by atoms with Crippen LogP contribution in [0.3, 0.4) is 0 Å². The summed E-state index contributed by atoms with van der Waals surface area (Å²) < 4.78 is 0. The van der Waals surface area contributed by atoms with E-state index in [2.05, 4.69) is 23.9 Å². The Balaban J connectivity index is 1.78. The predicted molar refractivity (Wildman–Crippen MR) is 82.0 cm³/mol. The van der Waals surface area contributed by atoms with Gasteiger partial charge in [-0.25, -0.2) is 0 Å². The molecule has 1 amide bonds. The number of nitrogens with one attached hydrogen (secondary N) is 3. The van der Waals surface area contributed by atoms with Gasteiger partial charge in [-0.05, 0) is 18.6 Å². The second-order valence-electron chi connectivity index (χ2n) is 5.31. The molecule has 3 N–H and O–H groups in total. The molecule has 1 unspecified atom stereocenters. The zero-order valence-corrected chi connectivity index (χ0v) is 12.6. The Hall–Kier alpha value is -2.41. The van der Waals surface area contributed by atoms with Crippen LogP contribution in [0.25, 0.3) is 0 Å². The van der Waals surface area contributed by atoms with E-state index in [1.807, 2.05) is 0 Å². The molecule has 1 aromatic carbocycles. The Morgan fingerprint density at radius 2 is 2.09 bits per heavy atom. The number of nitro groups is 1. The van der Waals surface area contributed by atoms with Crippen molar-refractivity contribution in [2.24, 2.45) is 0 Å². The summed E-state index contributed by atoms with van der Waals surface area (Å²) in [6.07, 6.45) is 3.21. The molecule has 0 aliphatic carbocycles. The zero-order valence-electron chi connectivity index (χ0n) is 12.6. The Kier molecular flexibility index (Phi) is 5.48. The smallest absolute Gasteiger partial charge is 0.269 e. The molecule has 0 saturated heterocycles. The van der Waals surface area contributed by atoms with E-state index in [0.29, 0.717) is 0 Å². The van der Waals surface area contributed by atoms with Crippen molar-refractivity contribution in [1.82, 2.24) is 10.9 Å². The minimum Gasteiger partial charge on any atom is -0.332 e. The third-order valence-electron chi connectivity index (χ3n) is 3.76. The lowest BCUT2D eigenvalue weighted by Gasteiger charge is -2.22. The van der Waals surface area contributed by atoms with Crippen LogP contribution < -0.4 is 15.8 Å². The van der Waals surface area contributed by atoms with Crippen LogP contribution >= 0.6 is 0 Å². The summed E-state index contributed by atoms with van der Waals surface area (Å²) in [7, 11) is 0. The highest BCUT2D eigenvalue weighted by atomic mass is 16.6. The maximum Gasteiger partial charge on any atom is 0.269 e. The molecule has 2 rings (SSSR count). The molecule has 0 aromatic heterocycles. The highest BCUT2D eigenvalue weighted by molar-refractivity contribution is 5.78. The topological polar surface area (TPSA) is 88.7 Å². The molecule has 0 bridgehead atoms. The summed E-state index contributed by atoms with van der Waals surface area (Å²) in [4.78, 5) is 23.5. The fourth-order valence-corrected chi connectivity index (χ4v) is 2.33. The van der Waals surface area contributed by atoms with E-state index in [-0.39, 0.29) is 18.0 Å². The van der Waals surface area contributed by atoms with Gasteiger partial charge < -0.3 is 10.3 Å². The van der Waals surface area contributed by atoms with Crippen molar-refractivity contribution >= 4 is 11.6 Å². The fraction of sp³-hybridized carbons (Fsp3) is 0.400. The molecule has 1 atom stereocenters. The molecular weight excluding hydrogens is 284 g/mol. The van der Waals surface area contributed by atoms with E-state index in [1.54, 1.807) is 12.1 Å². The average Bonchev–Trinajstić information content (AvgIpc) is 2.54. The van der Waals surface area contributed by atoms with Crippen LogP contribution in [0.2, 0.25) is 0 Å². The number of non-ortho nitro benzene ring substituents is 1. The van der Waals surface area contributed by atoms with Crippen LogP contribution in [0.1, 0.15) is 18.9 Å². The van der Waals surface area contributed by atoms with Gasteiger partial charge in [0.1, 0.15) is 0 Å². The first-order valence-electron chi connectivity index (χ1n) is 7.39. The molecule has 7 nitrogen and oxygen atoms in total. The van der Waals surface area contributed by atoms with Crippen LogP contribution in [0, 0.1) is 10.1 Å². The van der Waals surface area contributed by atoms with Crippen molar-refractivity contribution in [3.63, 3.8) is 0 Å². The number of hydrogen-bond acceptors (Lipinski definition) is 4. The van der Waals surface area contributed by atoms with Gasteiger partial charge in [-0.1, -0.05) is 12.1 Å². The lowest BCUT2D eigenvalue weighted by molar-refractivity contribution is -0.893. The standard InChI is InChI=1S/C15H20N4O3/c1-2-18-9-7-13(8-10-18)16-17-15(20)11-12-3-5-14(6-4-12)19(21)22/h3-7,16H,2,8-11H2,1H3,(H,17,20)/p+1. The average molecular weight is 305 g/mol. The molecule has 1 aromatic rings. The number of rotatable bonds is 6. The number of nitrogens with zero attached hydrogens (tertiary/aromatic N) is 1. The van der Waals surface area contributed by atoms with E-state index in [0.717, 1.165) is 37.3 Å². The first-order valence-corrected chi connectivity index (χ1v) is 7.39. The van der Waals surface area contributed by atoms with Crippen molar-refractivity contribution in [1.29, 1.82) is 0 Å². The normalized spacial score (nSPS) is 17.5. The highest BCUT2D eigenvalue weighted by Crippen LogP contribution is 2.12. The molecule has 0 fully saturated rings. The number of amides is 1. The Labute approximate surface area is 129 Å². The summed E-state index contributed by atoms with van der Waals surface area (Å²) >= 11 is 0. The second-order valence-corrected chi connectivity index (χ2v) is 5.31. The van der Waals surface area contributed by atoms with Gasteiger partial charge >= 0.3 is 0 Å². The number of benzene rings is 1. The van der Waals surface area contributed by atoms with Gasteiger partial charge in [0, 0.05) is 24.3 Å². The van der Waals surface area contributed by atoms with E-state index < -0.39 is 4.92 Å². The Morgan fingerprint density at radius 3 is 2.64 bits per heavy atom. The minimum atomic E-state index is -0.456. The van der Waals surface area contributed by atoms with Crippen LogP contribution in [0.4, 0.5) is 5.69 Å². The quantitative estimate of drug-likeness (QED) is 0.508. The van der Waals surface area contributed by atoms with Gasteiger partial charge in [-0.2, -0.15) is 0 Å². The number of hydrazine groups is 1. The second kappa shape index (κ2) is 7.56. The maximum atomic E-state index is 11.9. The molecular formula is C15H21N4O3+. The molecule has 0 saturated carbocycles. The monoisotopic (exact) mass is 305 g/mol. The van der Waals surface area contributed by atoms with Crippen molar-refractivity contribution in [3.8, 4) is 0 Å². The number of hydrogen-bond donors (Lipinski definition) is 3. The van der Waals surface area contributed by atoms with Crippen LogP contribution in [0.15, 0.2) is 36.0 Å². The van der Waals surface area contributed by atoms with Gasteiger partial charge in [0.15, 0.2) is 0 Å². The van der Waals surface area contributed by atoms with Gasteiger partial charge in [0.05, 0.1) is 31.0 Å². The third kappa shape index (κ3) is 4.56. The van der Waals surface area contributed by atoms with Crippen molar-refractivity contribution in [2.45, 2.75) is 19.8 Å². The summed E-state index contributed by atoms with van der Waals surface area (Å²) in [5.74, 6) is -0.167. The minimum absolute atomic E-state index is 0.0256. The van der Waals surface area contributed by atoms with Crippen LogP contribution in [0.5, 0.6) is 0 Å². The molecule has 7 heteroatoms. The van der Waals surface area contributed by atoms with Crippen LogP contribution in [-0.4, -0.2) is 30.5 Å². The van der Waals surface area contributed by atoms with E-state index in [9.17, 15) is 14.9 Å². The number of likely N-dealkylation sites (N-methyl/N-ethyl adjacent to an activating group) is 1. The summed E-state index contributed by atoms with van der Waals surface area (Å²) in [6, 6.07) is 6.00. The number of quaternary nitrogens is 1. The molecule has 22 heavy (non-hydrogen) atoms. The SMILES string of the molecule is CC[NH+]1CC=C(NNC(=O)Cc2ccc([N+](=O)[O-])cc2)CC1. The first-order chi connectivity index (χ1) is 10.6. The van der Waals surface area contributed by atoms with E-state index in [4.69, 9.17) is 0 Å². The summed E-state index contributed by atoms with van der Waals surface area (Å²) in [5.41, 5.74) is 7.43. The van der Waals surface area contributed by atoms with Gasteiger partial charge in [-0.15, -0.1) is 0 Å². The summed E-state index contributed by atoms with van der Waals surface area (Å²) in [6.45, 7) is 5.30. The molecule has 1 aliphatic rings. The predicted octanol–water partition coefficient (Wildman–Crippen LogP) is -0.0495. The molecule has 1 heterocycles. The number of carbonyl (C=O) groups excluding carboxylic acids is 1. The molecule has 0 spiro atoms. The number of nitro benzene ring substituents is 1. The van der Waals surface area contributed by atoms with E-state index >= 15 is 0 Å². The largest absolute Gasteiger partial charge is 0.332 e. The molecule has 0 radical (unpaired) electrons. The first kappa shape index (κ1) is 16.0. The summed E-state index contributed by atoms with van der Waals surface area (Å²) in [5, 5.41) is 10.6. The van der Waals surface area contributed by atoms with Crippen molar-refractivity contribution in [3.05, 3.63) is 51.7 Å². The van der Waals surface area contributed by atoms with Gasteiger partial charge in [0.25, 0.3) is 5.69 Å². The maximum absolute atomic E-state index is 11.9. The van der Waals surface area contributed by atoms with Crippen molar-refractivity contribution in [2.75, 3.05) is 19.6 Å². The van der Waals surface area contributed by atoms with Gasteiger partial charge in [-0.3, -0.25) is 20.3 Å². The molecule has 118 valence electrons. The number of carbonyl (C=O) groups is 1. The Morgan fingerprint density at radius 1 is 1.36 bits per heavy atom. The zero-order chi connectivity index (χ0) is 15.9. The Bertz CT molecular complexity index is 569. The highest BCUT2D eigenvalue weighted by Gasteiger charge is 2.13. The lowest BCUT2D eigenvalue weighted by Crippen LogP contribution is -3.12. The van der Waals surface area contributed by atoms with Gasteiger partial charge in [0.2, 0.25) is 5.91 Å². The fourth-order valence-electron chi connectivity index (χ4n) is 2.33. The third-order valence-corrected chi connectivity index (χ3v) is 3.76. The molecule has 1 aliphatic heterocycles. The lowest BCUT2D eigenvalue weighted by atomic mass is 10.1.